The van der Waals surface area contributed by atoms with Crippen LogP contribution in [0.4, 0.5) is 17.1 Å². The first kappa shape index (κ1) is 20.3. The van der Waals surface area contributed by atoms with E-state index in [0.29, 0.717) is 11.0 Å². The second-order valence-electron chi connectivity index (χ2n) is 7.57. The SMILES string of the molecule is CC(C)N(C(=O)Cn1c(=O)cnc2ccccc21)c1ccc(Nc2ccccc2)cc1. The van der Waals surface area contributed by atoms with Crippen molar-refractivity contribution in [2.75, 3.05) is 10.2 Å². The van der Waals surface area contributed by atoms with Gasteiger partial charge in [0.15, 0.2) is 0 Å². The number of fused-ring (bicyclic) bond motifs is 1. The Balaban J connectivity index is 1.59. The van der Waals surface area contributed by atoms with E-state index in [0.717, 1.165) is 17.1 Å². The van der Waals surface area contributed by atoms with Crippen LogP contribution in [-0.4, -0.2) is 21.5 Å². The van der Waals surface area contributed by atoms with Crippen LogP contribution in [0.25, 0.3) is 11.0 Å². The number of carbonyl (C=O) groups excluding carboxylic acids is 1. The highest BCUT2D eigenvalue weighted by Gasteiger charge is 2.20. The van der Waals surface area contributed by atoms with Crippen LogP contribution in [0.3, 0.4) is 0 Å². The van der Waals surface area contributed by atoms with E-state index < -0.39 is 0 Å². The van der Waals surface area contributed by atoms with Crippen molar-refractivity contribution < 1.29 is 4.79 Å². The highest BCUT2D eigenvalue weighted by Crippen LogP contribution is 2.23. The summed E-state index contributed by atoms with van der Waals surface area (Å²) in [6.07, 6.45) is 1.26. The lowest BCUT2D eigenvalue weighted by molar-refractivity contribution is -0.119. The van der Waals surface area contributed by atoms with Gasteiger partial charge < -0.3 is 10.2 Å². The van der Waals surface area contributed by atoms with Gasteiger partial charge in [-0.15, -0.1) is 0 Å². The highest BCUT2D eigenvalue weighted by molar-refractivity contribution is 5.94. The summed E-state index contributed by atoms with van der Waals surface area (Å²) in [7, 11) is 0. The van der Waals surface area contributed by atoms with Crippen molar-refractivity contribution in [3.05, 3.63) is 95.4 Å². The van der Waals surface area contributed by atoms with Crippen molar-refractivity contribution in [2.45, 2.75) is 26.4 Å². The molecule has 0 fully saturated rings. The number of amides is 1. The molecule has 6 heteroatoms. The van der Waals surface area contributed by atoms with E-state index in [1.165, 1.54) is 10.8 Å². The summed E-state index contributed by atoms with van der Waals surface area (Å²) in [6, 6.07) is 24.9. The molecule has 0 aliphatic carbocycles. The molecule has 0 saturated heterocycles. The zero-order valence-electron chi connectivity index (χ0n) is 17.5. The maximum atomic E-state index is 13.3. The van der Waals surface area contributed by atoms with Crippen LogP contribution >= 0.6 is 0 Å². The van der Waals surface area contributed by atoms with Crippen molar-refractivity contribution in [1.29, 1.82) is 0 Å². The quantitative estimate of drug-likeness (QED) is 0.503. The minimum absolute atomic E-state index is 0.0515. The van der Waals surface area contributed by atoms with Gasteiger partial charge in [0.25, 0.3) is 5.56 Å². The topological polar surface area (TPSA) is 67.2 Å². The van der Waals surface area contributed by atoms with E-state index in [-0.39, 0.29) is 24.1 Å². The molecule has 1 heterocycles. The van der Waals surface area contributed by atoms with Gasteiger partial charge in [0.05, 0.1) is 17.2 Å². The van der Waals surface area contributed by atoms with E-state index in [2.05, 4.69) is 10.3 Å². The Bertz CT molecular complexity index is 1250. The second kappa shape index (κ2) is 8.83. The van der Waals surface area contributed by atoms with Gasteiger partial charge in [0, 0.05) is 23.1 Å². The summed E-state index contributed by atoms with van der Waals surface area (Å²) in [5, 5.41) is 3.34. The third kappa shape index (κ3) is 4.48. The van der Waals surface area contributed by atoms with Crippen LogP contribution in [0.15, 0.2) is 89.9 Å². The summed E-state index contributed by atoms with van der Waals surface area (Å²) >= 11 is 0. The van der Waals surface area contributed by atoms with Crippen LogP contribution in [0.1, 0.15) is 13.8 Å². The molecule has 0 spiro atoms. The first-order chi connectivity index (χ1) is 15.0. The Morgan fingerprint density at radius 2 is 1.58 bits per heavy atom. The van der Waals surface area contributed by atoms with Gasteiger partial charge in [-0.1, -0.05) is 30.3 Å². The van der Waals surface area contributed by atoms with Gasteiger partial charge in [0.1, 0.15) is 6.54 Å². The third-order valence-corrected chi connectivity index (χ3v) is 5.04. The molecule has 1 aromatic heterocycles. The fourth-order valence-electron chi connectivity index (χ4n) is 3.61. The summed E-state index contributed by atoms with van der Waals surface area (Å²) in [5.41, 5.74) is 3.75. The molecular weight excluding hydrogens is 388 g/mol. The average molecular weight is 412 g/mol. The molecule has 6 nitrogen and oxygen atoms in total. The number of carbonyl (C=O) groups is 1. The normalized spacial score (nSPS) is 10.9. The van der Waals surface area contributed by atoms with E-state index in [9.17, 15) is 9.59 Å². The minimum Gasteiger partial charge on any atom is -0.356 e. The highest BCUT2D eigenvalue weighted by atomic mass is 16.2. The molecule has 0 radical (unpaired) electrons. The van der Waals surface area contributed by atoms with Crippen molar-refractivity contribution in [1.82, 2.24) is 9.55 Å². The molecule has 0 unspecified atom stereocenters. The van der Waals surface area contributed by atoms with Crippen molar-refractivity contribution >= 4 is 34.0 Å². The standard InChI is InChI=1S/C25H24N4O2/c1-18(2)29(21-14-12-20(13-15-21)27-19-8-4-3-5-9-19)25(31)17-28-23-11-7-6-10-22(23)26-16-24(28)30/h3-16,18,27H,17H2,1-2H3. The van der Waals surface area contributed by atoms with Gasteiger partial charge in [-0.2, -0.15) is 0 Å². The van der Waals surface area contributed by atoms with E-state index in [1.807, 2.05) is 86.6 Å². The lowest BCUT2D eigenvalue weighted by Gasteiger charge is -2.27. The minimum atomic E-state index is -0.293. The number of benzene rings is 3. The van der Waals surface area contributed by atoms with Gasteiger partial charge in [0.2, 0.25) is 5.91 Å². The number of aromatic nitrogens is 2. The Labute approximate surface area is 180 Å². The molecule has 1 N–H and O–H groups in total. The molecule has 0 aliphatic rings. The van der Waals surface area contributed by atoms with Crippen LogP contribution in [0.2, 0.25) is 0 Å². The molecule has 3 aromatic carbocycles. The fraction of sp³-hybridized carbons (Fsp3) is 0.160. The summed E-state index contributed by atoms with van der Waals surface area (Å²) in [6.45, 7) is 3.87. The van der Waals surface area contributed by atoms with E-state index in [1.54, 1.807) is 11.0 Å². The third-order valence-electron chi connectivity index (χ3n) is 5.04. The van der Waals surface area contributed by atoms with Crippen LogP contribution in [-0.2, 0) is 11.3 Å². The Kier molecular flexibility index (Phi) is 5.80. The Morgan fingerprint density at radius 3 is 2.29 bits per heavy atom. The van der Waals surface area contributed by atoms with E-state index in [4.69, 9.17) is 0 Å². The summed E-state index contributed by atoms with van der Waals surface area (Å²) < 4.78 is 1.48. The molecule has 4 rings (SSSR count). The van der Waals surface area contributed by atoms with Crippen molar-refractivity contribution in [3.63, 3.8) is 0 Å². The first-order valence-corrected chi connectivity index (χ1v) is 10.2. The number of rotatable bonds is 6. The lowest BCUT2D eigenvalue weighted by atomic mass is 10.2. The van der Waals surface area contributed by atoms with Gasteiger partial charge in [-0.05, 0) is 62.4 Å². The van der Waals surface area contributed by atoms with Gasteiger partial charge in [-0.25, -0.2) is 4.98 Å². The maximum absolute atomic E-state index is 13.3. The lowest BCUT2D eigenvalue weighted by Crippen LogP contribution is -2.41. The predicted molar refractivity (Wildman–Crippen MR) is 125 cm³/mol. The second-order valence-corrected chi connectivity index (χ2v) is 7.57. The van der Waals surface area contributed by atoms with Crippen LogP contribution in [0.5, 0.6) is 0 Å². The zero-order valence-corrected chi connectivity index (χ0v) is 17.5. The molecule has 0 atom stereocenters. The smallest absolute Gasteiger partial charge is 0.269 e. The molecule has 0 saturated carbocycles. The molecule has 4 aromatic rings. The largest absolute Gasteiger partial charge is 0.356 e. The number of anilines is 3. The van der Waals surface area contributed by atoms with Crippen LogP contribution < -0.4 is 15.8 Å². The van der Waals surface area contributed by atoms with Gasteiger partial charge in [-0.3, -0.25) is 14.2 Å². The average Bonchev–Trinajstić information content (AvgIpc) is 2.77. The summed E-state index contributed by atoms with van der Waals surface area (Å²) in [4.78, 5) is 31.6. The van der Waals surface area contributed by atoms with Gasteiger partial charge >= 0.3 is 0 Å². The number of hydrogen-bond acceptors (Lipinski definition) is 4. The maximum Gasteiger partial charge on any atom is 0.269 e. The van der Waals surface area contributed by atoms with E-state index >= 15 is 0 Å². The van der Waals surface area contributed by atoms with Crippen molar-refractivity contribution in [3.8, 4) is 0 Å². The number of para-hydroxylation sites is 3. The molecule has 1 amide bonds. The number of hydrogen-bond donors (Lipinski definition) is 1. The zero-order chi connectivity index (χ0) is 21.8. The molecule has 0 bridgehead atoms. The number of nitrogens with one attached hydrogen (secondary N) is 1. The van der Waals surface area contributed by atoms with Crippen molar-refractivity contribution in [2.24, 2.45) is 0 Å². The molecule has 31 heavy (non-hydrogen) atoms. The molecule has 0 aliphatic heterocycles. The molecular formula is C25H24N4O2. The first-order valence-electron chi connectivity index (χ1n) is 10.2. The molecule has 156 valence electrons. The van der Waals surface area contributed by atoms with Crippen LogP contribution in [0, 0.1) is 0 Å². The Hall–Kier alpha value is -3.93. The Morgan fingerprint density at radius 1 is 0.935 bits per heavy atom. The fourth-order valence-corrected chi connectivity index (χ4v) is 3.61. The summed E-state index contributed by atoms with van der Waals surface area (Å²) in [5.74, 6) is -0.155. The predicted octanol–water partition coefficient (Wildman–Crippen LogP) is 4.58. The monoisotopic (exact) mass is 412 g/mol. The number of nitrogens with zero attached hydrogens (tertiary/aromatic N) is 3.